The number of aliphatic hydroxyl groups is 1. The van der Waals surface area contributed by atoms with Gasteiger partial charge < -0.3 is 10.4 Å². The number of anilines is 1. The molecule has 1 aliphatic carbocycles. The number of fused-ring (bicyclic) bond motifs is 1. The van der Waals surface area contributed by atoms with Crippen LogP contribution in [-0.4, -0.2) is 23.2 Å². The maximum absolute atomic E-state index is 9.13. The third-order valence-corrected chi connectivity index (χ3v) is 3.30. The number of aliphatic hydroxyl groups excluding tert-OH is 1. The third kappa shape index (κ3) is 2.99. The van der Waals surface area contributed by atoms with Crippen molar-refractivity contribution in [3.63, 3.8) is 0 Å². The number of aromatic nitrogens is 1. The molecule has 4 heteroatoms. The van der Waals surface area contributed by atoms with E-state index in [1.54, 1.807) is 0 Å². The van der Waals surface area contributed by atoms with Gasteiger partial charge in [0.1, 0.15) is 11.9 Å². The molecule has 0 aliphatic heterocycles. The van der Waals surface area contributed by atoms with Gasteiger partial charge in [0, 0.05) is 18.8 Å². The molecule has 0 unspecified atom stereocenters. The summed E-state index contributed by atoms with van der Waals surface area (Å²) in [7, 11) is 0. The first-order chi connectivity index (χ1) is 8.85. The molecule has 0 bridgehead atoms. The van der Waals surface area contributed by atoms with E-state index in [0.717, 1.165) is 56.6 Å². The lowest BCUT2D eigenvalue weighted by Gasteiger charge is -2.09. The highest BCUT2D eigenvalue weighted by Crippen LogP contribution is 2.24. The van der Waals surface area contributed by atoms with E-state index in [-0.39, 0.29) is 6.61 Å². The van der Waals surface area contributed by atoms with Gasteiger partial charge in [0.2, 0.25) is 0 Å². The largest absolute Gasteiger partial charge is 0.396 e. The Kier molecular flexibility index (Phi) is 4.54. The van der Waals surface area contributed by atoms with Crippen molar-refractivity contribution in [1.82, 2.24) is 4.98 Å². The highest BCUT2D eigenvalue weighted by Gasteiger charge is 2.15. The summed E-state index contributed by atoms with van der Waals surface area (Å²) >= 11 is 0. The molecule has 4 nitrogen and oxygen atoms in total. The second-order valence-electron chi connectivity index (χ2n) is 4.67. The molecule has 1 aromatic heterocycles. The van der Waals surface area contributed by atoms with Gasteiger partial charge in [0.25, 0.3) is 0 Å². The molecule has 2 N–H and O–H groups in total. The molecular weight excluding hydrogens is 226 g/mol. The lowest BCUT2D eigenvalue weighted by atomic mass is 10.1. The quantitative estimate of drug-likeness (QED) is 0.752. The number of rotatable bonds is 6. The summed E-state index contributed by atoms with van der Waals surface area (Å²) in [4.78, 5) is 4.56. The van der Waals surface area contributed by atoms with Gasteiger partial charge in [-0.05, 0) is 50.2 Å². The maximum Gasteiger partial charge on any atom is 0.144 e. The SMILES string of the molecule is N#Cc1cc2c(nc1NCCCCCO)CCC2. The smallest absolute Gasteiger partial charge is 0.144 e. The van der Waals surface area contributed by atoms with Crippen LogP contribution < -0.4 is 5.32 Å². The van der Waals surface area contributed by atoms with Gasteiger partial charge in [-0.2, -0.15) is 5.26 Å². The van der Waals surface area contributed by atoms with Crippen LogP contribution in [0.15, 0.2) is 6.07 Å². The molecule has 1 aliphatic rings. The Labute approximate surface area is 108 Å². The Balaban J connectivity index is 1.97. The Morgan fingerprint density at radius 3 is 3.00 bits per heavy atom. The molecule has 0 saturated carbocycles. The van der Waals surface area contributed by atoms with E-state index in [2.05, 4.69) is 16.4 Å². The zero-order valence-corrected chi connectivity index (χ0v) is 10.6. The van der Waals surface area contributed by atoms with Gasteiger partial charge in [-0.15, -0.1) is 0 Å². The van der Waals surface area contributed by atoms with Crippen LogP contribution in [0, 0.1) is 11.3 Å². The second kappa shape index (κ2) is 6.36. The molecule has 0 amide bonds. The zero-order valence-electron chi connectivity index (χ0n) is 10.6. The summed E-state index contributed by atoms with van der Waals surface area (Å²) in [6.07, 6.45) is 6.05. The van der Waals surface area contributed by atoms with E-state index in [9.17, 15) is 0 Å². The van der Waals surface area contributed by atoms with Crippen LogP contribution in [0.1, 0.15) is 42.5 Å². The number of aryl methyl sites for hydroxylation is 2. The Bertz CT molecular complexity index is 451. The summed E-state index contributed by atoms with van der Waals surface area (Å²) in [5, 5.41) is 21.1. The number of unbranched alkanes of at least 4 members (excludes halogenated alkanes) is 2. The van der Waals surface area contributed by atoms with Crippen molar-refractivity contribution in [3.05, 3.63) is 22.9 Å². The number of hydrogen-bond donors (Lipinski definition) is 2. The first-order valence-corrected chi connectivity index (χ1v) is 6.63. The molecule has 1 aromatic rings. The minimum atomic E-state index is 0.251. The fraction of sp³-hybridized carbons (Fsp3) is 0.571. The summed E-state index contributed by atoms with van der Waals surface area (Å²) < 4.78 is 0. The monoisotopic (exact) mass is 245 g/mol. The molecule has 96 valence electrons. The zero-order chi connectivity index (χ0) is 12.8. The van der Waals surface area contributed by atoms with Crippen molar-refractivity contribution in [1.29, 1.82) is 5.26 Å². The first kappa shape index (κ1) is 12.8. The number of pyridine rings is 1. The van der Waals surface area contributed by atoms with E-state index < -0.39 is 0 Å². The standard InChI is InChI=1S/C14H19N3O/c15-10-12-9-11-5-4-6-13(11)17-14(12)16-7-2-1-3-8-18/h9,18H,1-8H2,(H,16,17). The molecule has 18 heavy (non-hydrogen) atoms. The first-order valence-electron chi connectivity index (χ1n) is 6.63. The summed E-state index contributed by atoms with van der Waals surface area (Å²) in [5.41, 5.74) is 3.03. The van der Waals surface area contributed by atoms with Crippen LogP contribution in [0.25, 0.3) is 0 Å². The Morgan fingerprint density at radius 1 is 1.33 bits per heavy atom. The summed E-state index contributed by atoms with van der Waals surface area (Å²) in [5.74, 6) is 0.724. The molecule has 0 spiro atoms. The van der Waals surface area contributed by atoms with Gasteiger partial charge in [0.05, 0.1) is 5.56 Å². The molecule has 2 rings (SSSR count). The van der Waals surface area contributed by atoms with Crippen molar-refractivity contribution in [2.45, 2.75) is 38.5 Å². The average Bonchev–Trinajstić information content (AvgIpc) is 2.84. The van der Waals surface area contributed by atoms with Gasteiger partial charge >= 0.3 is 0 Å². The molecular formula is C14H19N3O. The molecule has 0 radical (unpaired) electrons. The predicted octanol–water partition coefficient (Wildman–Crippen LogP) is 2.02. The topological polar surface area (TPSA) is 68.9 Å². The molecule has 0 saturated heterocycles. The minimum absolute atomic E-state index is 0.251. The molecule has 1 heterocycles. The molecule has 0 aromatic carbocycles. The average molecular weight is 245 g/mol. The maximum atomic E-state index is 9.13. The van der Waals surface area contributed by atoms with Crippen molar-refractivity contribution < 1.29 is 5.11 Å². The highest BCUT2D eigenvalue weighted by molar-refractivity contribution is 5.54. The van der Waals surface area contributed by atoms with Crippen molar-refractivity contribution in [2.24, 2.45) is 0 Å². The third-order valence-electron chi connectivity index (χ3n) is 3.30. The summed E-state index contributed by atoms with van der Waals surface area (Å²) in [6, 6.07) is 4.19. The van der Waals surface area contributed by atoms with Crippen LogP contribution in [0.5, 0.6) is 0 Å². The van der Waals surface area contributed by atoms with Gasteiger partial charge in [-0.1, -0.05) is 0 Å². The fourth-order valence-electron chi connectivity index (χ4n) is 2.31. The summed E-state index contributed by atoms with van der Waals surface area (Å²) in [6.45, 7) is 1.06. The van der Waals surface area contributed by atoms with E-state index in [4.69, 9.17) is 10.4 Å². The second-order valence-corrected chi connectivity index (χ2v) is 4.67. The lowest BCUT2D eigenvalue weighted by Crippen LogP contribution is -2.07. The number of nitrogens with one attached hydrogen (secondary N) is 1. The highest BCUT2D eigenvalue weighted by atomic mass is 16.2. The van der Waals surface area contributed by atoms with E-state index in [1.807, 2.05) is 6.07 Å². The van der Waals surface area contributed by atoms with Crippen molar-refractivity contribution in [2.75, 3.05) is 18.5 Å². The number of nitriles is 1. The van der Waals surface area contributed by atoms with Crippen molar-refractivity contribution >= 4 is 5.82 Å². The Hall–Kier alpha value is -1.60. The Morgan fingerprint density at radius 2 is 2.22 bits per heavy atom. The van der Waals surface area contributed by atoms with Crippen LogP contribution in [0.2, 0.25) is 0 Å². The molecule has 0 fully saturated rings. The van der Waals surface area contributed by atoms with E-state index in [0.29, 0.717) is 5.56 Å². The fourth-order valence-corrected chi connectivity index (χ4v) is 2.31. The number of hydrogen-bond acceptors (Lipinski definition) is 4. The normalized spacial score (nSPS) is 13.1. The van der Waals surface area contributed by atoms with Gasteiger partial charge in [0.15, 0.2) is 0 Å². The van der Waals surface area contributed by atoms with E-state index in [1.165, 1.54) is 5.56 Å². The van der Waals surface area contributed by atoms with E-state index >= 15 is 0 Å². The molecule has 0 atom stereocenters. The van der Waals surface area contributed by atoms with Crippen LogP contribution >= 0.6 is 0 Å². The van der Waals surface area contributed by atoms with Crippen molar-refractivity contribution in [3.8, 4) is 6.07 Å². The lowest BCUT2D eigenvalue weighted by molar-refractivity contribution is 0.283. The van der Waals surface area contributed by atoms with Crippen LogP contribution in [0.3, 0.4) is 0 Å². The van der Waals surface area contributed by atoms with Gasteiger partial charge in [-0.25, -0.2) is 4.98 Å². The van der Waals surface area contributed by atoms with Crippen LogP contribution in [0.4, 0.5) is 5.82 Å². The predicted molar refractivity (Wildman–Crippen MR) is 70.4 cm³/mol. The van der Waals surface area contributed by atoms with Gasteiger partial charge in [-0.3, -0.25) is 0 Å². The number of nitrogens with zero attached hydrogens (tertiary/aromatic N) is 2. The minimum Gasteiger partial charge on any atom is -0.396 e. The van der Waals surface area contributed by atoms with Crippen LogP contribution in [-0.2, 0) is 12.8 Å².